The van der Waals surface area contributed by atoms with Crippen molar-refractivity contribution >= 4 is 5.91 Å². The number of likely N-dealkylation sites (tertiary alicyclic amines) is 1. The van der Waals surface area contributed by atoms with Crippen molar-refractivity contribution in [2.75, 3.05) is 33.0 Å². The second-order valence-corrected chi connectivity index (χ2v) is 11.9. The Morgan fingerprint density at radius 3 is 2.68 bits per heavy atom. The predicted octanol–water partition coefficient (Wildman–Crippen LogP) is 0.736. The molecule has 38 heavy (non-hydrogen) atoms. The van der Waals surface area contributed by atoms with Gasteiger partial charge in [0.1, 0.15) is 5.92 Å². The standard InChI is InChI=1S/C31H38N2O4.ClH/c34-30(26-16-32-18-31(26)19-35-17-24-25(31)11-12-28-29(24)37-20-36-28)33-14-13-23(21-7-3-1-4-8-21)15-27(33)22-9-5-2-6-10-22;/h1,3-4,7-8,11-12,22-23,26-27,32H,2,5-6,9-10,13-20H2;1H/t23-,26?,27+,31-;/m1./s1. The summed E-state index contributed by atoms with van der Waals surface area (Å²) in [5, 5.41) is 2.33. The molecule has 7 rings (SSSR count). The molecule has 4 heterocycles. The van der Waals surface area contributed by atoms with E-state index < -0.39 is 0 Å². The Hall–Kier alpha value is -2.28. The van der Waals surface area contributed by atoms with Gasteiger partial charge in [0.15, 0.2) is 11.5 Å². The second-order valence-electron chi connectivity index (χ2n) is 11.9. The molecule has 7 heteroatoms. The summed E-state index contributed by atoms with van der Waals surface area (Å²) in [5.41, 5.74) is 3.45. The molecule has 0 radical (unpaired) electrons. The fourth-order valence-electron chi connectivity index (χ4n) is 8.19. The smallest absolute Gasteiger partial charge is 0.232 e. The number of carbonyl (C=O) groups is 1. The van der Waals surface area contributed by atoms with Gasteiger partial charge in [0.05, 0.1) is 31.7 Å². The van der Waals surface area contributed by atoms with E-state index in [1.807, 2.05) is 6.07 Å². The van der Waals surface area contributed by atoms with Crippen molar-refractivity contribution in [1.29, 1.82) is 0 Å². The minimum Gasteiger partial charge on any atom is -1.00 e. The highest BCUT2D eigenvalue weighted by Crippen LogP contribution is 2.48. The summed E-state index contributed by atoms with van der Waals surface area (Å²) in [6.45, 7) is 3.95. The van der Waals surface area contributed by atoms with Gasteiger partial charge < -0.3 is 36.8 Å². The average molecular weight is 539 g/mol. The minimum absolute atomic E-state index is 0. The number of rotatable bonds is 3. The molecule has 1 spiro atoms. The molecule has 4 aliphatic heterocycles. The quantitative estimate of drug-likeness (QED) is 0.626. The molecule has 6 nitrogen and oxygen atoms in total. The van der Waals surface area contributed by atoms with Crippen molar-refractivity contribution < 1.29 is 36.7 Å². The van der Waals surface area contributed by atoms with E-state index in [4.69, 9.17) is 14.2 Å². The van der Waals surface area contributed by atoms with Gasteiger partial charge in [-0.1, -0.05) is 55.7 Å². The number of benzene rings is 2. The van der Waals surface area contributed by atoms with Crippen LogP contribution in [-0.2, 0) is 21.6 Å². The zero-order chi connectivity index (χ0) is 24.8. The van der Waals surface area contributed by atoms with Crippen LogP contribution in [0.25, 0.3) is 0 Å². The first kappa shape index (κ1) is 26.0. The summed E-state index contributed by atoms with van der Waals surface area (Å²) in [7, 11) is 0. The fourth-order valence-corrected chi connectivity index (χ4v) is 8.19. The van der Waals surface area contributed by atoms with Crippen molar-refractivity contribution in [3.63, 3.8) is 0 Å². The first-order valence-electron chi connectivity index (χ1n) is 14.4. The molecule has 2 saturated heterocycles. The lowest BCUT2D eigenvalue weighted by atomic mass is 9.68. The van der Waals surface area contributed by atoms with E-state index in [1.54, 1.807) is 0 Å². The van der Waals surface area contributed by atoms with Crippen LogP contribution >= 0.6 is 0 Å². The Balaban J connectivity index is 0.00000264. The number of carbonyl (C=O) groups excluding carboxylic acids is 1. The normalized spacial score (nSPS) is 30.6. The molecule has 1 aliphatic carbocycles. The third kappa shape index (κ3) is 4.29. The van der Waals surface area contributed by atoms with Crippen LogP contribution < -0.4 is 27.2 Å². The molecule has 2 N–H and O–H groups in total. The molecule has 1 saturated carbocycles. The van der Waals surface area contributed by atoms with Crippen molar-refractivity contribution in [1.82, 2.24) is 4.90 Å². The van der Waals surface area contributed by atoms with Crippen molar-refractivity contribution in [3.8, 4) is 11.5 Å². The first-order chi connectivity index (χ1) is 18.2. The van der Waals surface area contributed by atoms with Gasteiger partial charge in [-0.2, -0.15) is 0 Å². The molecule has 0 bridgehead atoms. The number of ether oxygens (including phenoxy) is 3. The maximum atomic E-state index is 14.6. The number of hydrogen-bond acceptors (Lipinski definition) is 4. The summed E-state index contributed by atoms with van der Waals surface area (Å²) < 4.78 is 17.7. The maximum absolute atomic E-state index is 14.6. The predicted molar refractivity (Wildman–Crippen MR) is 140 cm³/mol. The number of fused-ring (bicyclic) bond motifs is 4. The highest BCUT2D eigenvalue weighted by atomic mass is 35.5. The van der Waals surface area contributed by atoms with E-state index in [-0.39, 0.29) is 30.5 Å². The molecule has 0 aromatic heterocycles. The van der Waals surface area contributed by atoms with E-state index in [2.05, 4.69) is 46.6 Å². The Bertz CT molecular complexity index is 1150. The van der Waals surface area contributed by atoms with Crippen molar-refractivity contribution in [2.45, 2.75) is 68.9 Å². The number of nitrogens with zero attached hydrogens (tertiary/aromatic N) is 1. The molecular weight excluding hydrogens is 500 g/mol. The third-order valence-corrected chi connectivity index (χ3v) is 10.1. The van der Waals surface area contributed by atoms with Crippen molar-refractivity contribution in [2.24, 2.45) is 11.8 Å². The number of hydrogen-bond donors (Lipinski definition) is 1. The lowest BCUT2D eigenvalue weighted by Crippen LogP contribution is -3.00. The van der Waals surface area contributed by atoms with Gasteiger partial charge in [-0.15, -0.1) is 0 Å². The summed E-state index contributed by atoms with van der Waals surface area (Å²) in [6, 6.07) is 15.5. The van der Waals surface area contributed by atoms with Crippen molar-refractivity contribution in [3.05, 3.63) is 59.2 Å². The van der Waals surface area contributed by atoms with Crippen LogP contribution in [0, 0.1) is 11.8 Å². The number of amides is 1. The number of halogens is 1. The molecule has 1 amide bonds. The summed E-state index contributed by atoms with van der Waals surface area (Å²) in [5.74, 6) is 3.05. The first-order valence-corrected chi connectivity index (χ1v) is 14.4. The van der Waals surface area contributed by atoms with Crippen LogP contribution in [0.4, 0.5) is 0 Å². The minimum atomic E-state index is -0.307. The molecular formula is C31H39ClN2O4. The maximum Gasteiger partial charge on any atom is 0.232 e. The molecule has 2 aromatic carbocycles. The Kier molecular flexibility index (Phi) is 7.32. The Labute approximate surface area is 231 Å². The van der Waals surface area contributed by atoms with Gasteiger partial charge in [-0.3, -0.25) is 4.79 Å². The SMILES string of the molecule is O=C(C1C[NH2+]C[C@]12COCc1c2ccc2c1OCO2)N1CC[C@@H](c2ccccc2)C[C@H]1C1CCCCC1.[Cl-]. The monoisotopic (exact) mass is 538 g/mol. The summed E-state index contributed by atoms with van der Waals surface area (Å²) >= 11 is 0. The summed E-state index contributed by atoms with van der Waals surface area (Å²) in [4.78, 5) is 16.9. The van der Waals surface area contributed by atoms with E-state index >= 15 is 0 Å². The molecule has 4 atom stereocenters. The largest absolute Gasteiger partial charge is 1.00 e. The van der Waals surface area contributed by atoms with Crippen LogP contribution in [0.1, 0.15) is 67.6 Å². The Morgan fingerprint density at radius 1 is 1.00 bits per heavy atom. The third-order valence-electron chi connectivity index (χ3n) is 10.1. The van der Waals surface area contributed by atoms with E-state index in [1.165, 1.54) is 43.2 Å². The average Bonchev–Trinajstić information content (AvgIpc) is 3.62. The summed E-state index contributed by atoms with van der Waals surface area (Å²) in [6.07, 6.45) is 8.60. The fraction of sp³-hybridized carbons (Fsp3) is 0.581. The van der Waals surface area contributed by atoms with Gasteiger partial charge in [-0.05, 0) is 54.7 Å². The van der Waals surface area contributed by atoms with E-state index in [0.717, 1.165) is 49.5 Å². The van der Waals surface area contributed by atoms with Crippen LogP contribution in [0.15, 0.2) is 42.5 Å². The lowest BCUT2D eigenvalue weighted by Gasteiger charge is -2.47. The number of quaternary nitrogens is 1. The van der Waals surface area contributed by atoms with Gasteiger partial charge in [0.2, 0.25) is 12.7 Å². The lowest BCUT2D eigenvalue weighted by molar-refractivity contribution is -0.640. The molecule has 3 fully saturated rings. The van der Waals surface area contributed by atoms with Crippen LogP contribution in [-0.4, -0.2) is 49.9 Å². The van der Waals surface area contributed by atoms with Crippen LogP contribution in [0.2, 0.25) is 0 Å². The topological polar surface area (TPSA) is 64.6 Å². The van der Waals surface area contributed by atoms with Crippen LogP contribution in [0.5, 0.6) is 11.5 Å². The Morgan fingerprint density at radius 2 is 1.84 bits per heavy atom. The van der Waals surface area contributed by atoms with Crippen LogP contribution in [0.3, 0.4) is 0 Å². The molecule has 204 valence electrons. The zero-order valence-corrected chi connectivity index (χ0v) is 22.8. The van der Waals surface area contributed by atoms with Gasteiger partial charge >= 0.3 is 0 Å². The van der Waals surface area contributed by atoms with Gasteiger partial charge in [0, 0.05) is 18.2 Å². The van der Waals surface area contributed by atoms with E-state index in [0.29, 0.717) is 37.0 Å². The molecule has 1 unspecified atom stereocenters. The van der Waals surface area contributed by atoms with Gasteiger partial charge in [-0.25, -0.2) is 0 Å². The highest BCUT2D eigenvalue weighted by molar-refractivity contribution is 5.82. The number of nitrogens with two attached hydrogens (primary N) is 1. The van der Waals surface area contributed by atoms with Gasteiger partial charge in [0.25, 0.3) is 0 Å². The molecule has 5 aliphatic rings. The second kappa shape index (κ2) is 10.7. The zero-order valence-electron chi connectivity index (χ0n) is 22.1. The highest BCUT2D eigenvalue weighted by Gasteiger charge is 2.56. The molecule has 2 aromatic rings. The number of piperidine rings is 1. The van der Waals surface area contributed by atoms with E-state index in [9.17, 15) is 4.79 Å².